The number of carbonyl (C=O) groups is 1. The summed E-state index contributed by atoms with van der Waals surface area (Å²) in [4.78, 5) is 11.0. The SMILES string of the molecule is COC1=CC23CC2(C=C1)CCC1=CN(c2ccc(C(=O)O)cc2)NC13. The number of carboxylic acid groups (broad SMARTS) is 1. The molecule has 1 heterocycles. The van der Waals surface area contributed by atoms with E-state index in [1.165, 1.54) is 12.0 Å². The van der Waals surface area contributed by atoms with Gasteiger partial charge in [0.15, 0.2) is 0 Å². The Morgan fingerprint density at radius 2 is 2.16 bits per heavy atom. The highest BCUT2D eigenvalue weighted by Gasteiger charge is 2.72. The van der Waals surface area contributed by atoms with Crippen LogP contribution in [0.15, 0.2) is 60.0 Å². The second kappa shape index (κ2) is 4.76. The van der Waals surface area contributed by atoms with Crippen LogP contribution < -0.4 is 10.4 Å². The molecule has 5 heteroatoms. The third-order valence-corrected chi connectivity index (χ3v) is 6.31. The Balaban J connectivity index is 1.45. The van der Waals surface area contributed by atoms with Gasteiger partial charge in [0.05, 0.1) is 24.4 Å². The van der Waals surface area contributed by atoms with E-state index in [2.05, 4.69) is 29.9 Å². The van der Waals surface area contributed by atoms with Gasteiger partial charge in [-0.2, -0.15) is 0 Å². The van der Waals surface area contributed by atoms with Gasteiger partial charge >= 0.3 is 5.97 Å². The Hall–Kier alpha value is -2.53. The molecule has 2 fully saturated rings. The lowest BCUT2D eigenvalue weighted by atomic mass is 9.72. The van der Waals surface area contributed by atoms with Gasteiger partial charge in [0.1, 0.15) is 5.76 Å². The van der Waals surface area contributed by atoms with Crippen LogP contribution in [0.5, 0.6) is 0 Å². The minimum atomic E-state index is -0.902. The van der Waals surface area contributed by atoms with Gasteiger partial charge in [-0.15, -0.1) is 0 Å². The predicted octanol–water partition coefficient (Wildman–Crippen LogP) is 3.23. The van der Waals surface area contributed by atoms with Crippen molar-refractivity contribution >= 4 is 11.7 Å². The molecule has 2 N–H and O–H groups in total. The molecule has 5 nitrogen and oxygen atoms in total. The first kappa shape index (κ1) is 14.8. The maximum atomic E-state index is 11.0. The first-order valence-corrected chi connectivity index (χ1v) is 8.62. The summed E-state index contributed by atoms with van der Waals surface area (Å²) in [6.07, 6.45) is 12.3. The molecule has 128 valence electrons. The van der Waals surface area contributed by atoms with Crippen molar-refractivity contribution in [3.63, 3.8) is 0 Å². The number of nitrogens with one attached hydrogen (secondary N) is 1. The lowest BCUT2D eigenvalue weighted by molar-refractivity contribution is 0.0697. The molecule has 1 aromatic rings. The van der Waals surface area contributed by atoms with E-state index in [1.54, 1.807) is 19.2 Å². The number of aromatic carboxylic acids is 1. The van der Waals surface area contributed by atoms with E-state index in [9.17, 15) is 4.79 Å². The van der Waals surface area contributed by atoms with Crippen LogP contribution in [-0.4, -0.2) is 24.2 Å². The molecule has 25 heavy (non-hydrogen) atoms. The molecule has 0 saturated heterocycles. The Kier molecular flexibility index (Phi) is 2.82. The van der Waals surface area contributed by atoms with E-state index >= 15 is 0 Å². The van der Waals surface area contributed by atoms with E-state index in [4.69, 9.17) is 9.84 Å². The van der Waals surface area contributed by atoms with E-state index in [0.29, 0.717) is 5.56 Å². The maximum Gasteiger partial charge on any atom is 0.335 e. The molecule has 1 aromatic carbocycles. The van der Waals surface area contributed by atoms with Gasteiger partial charge in [0.25, 0.3) is 0 Å². The number of hydrogen-bond acceptors (Lipinski definition) is 4. The lowest BCUT2D eigenvalue weighted by Crippen LogP contribution is -2.45. The summed E-state index contributed by atoms with van der Waals surface area (Å²) in [6.45, 7) is 0. The first-order valence-electron chi connectivity index (χ1n) is 8.62. The lowest BCUT2D eigenvalue weighted by Gasteiger charge is -2.36. The van der Waals surface area contributed by atoms with Gasteiger partial charge in [-0.3, -0.25) is 5.01 Å². The van der Waals surface area contributed by atoms with Crippen molar-refractivity contribution in [2.24, 2.45) is 10.8 Å². The average Bonchev–Trinajstić information content (AvgIpc) is 3.13. The summed E-state index contributed by atoms with van der Waals surface area (Å²) in [6, 6.07) is 7.26. The summed E-state index contributed by atoms with van der Waals surface area (Å²) in [7, 11) is 1.72. The summed E-state index contributed by atoms with van der Waals surface area (Å²) >= 11 is 0. The fourth-order valence-corrected chi connectivity index (χ4v) is 4.87. The number of fused-ring (bicyclic) bond motifs is 1. The third kappa shape index (κ3) is 1.90. The van der Waals surface area contributed by atoms with Crippen molar-refractivity contribution in [3.05, 3.63) is 65.6 Å². The highest BCUT2D eigenvalue weighted by Crippen LogP contribution is 2.75. The molecule has 4 aliphatic rings. The quantitative estimate of drug-likeness (QED) is 0.887. The molecular formula is C20H20N2O3. The molecule has 2 saturated carbocycles. The van der Waals surface area contributed by atoms with Gasteiger partial charge in [-0.25, -0.2) is 10.2 Å². The molecule has 3 unspecified atom stereocenters. The van der Waals surface area contributed by atoms with Gasteiger partial charge in [-0.1, -0.05) is 6.08 Å². The summed E-state index contributed by atoms with van der Waals surface area (Å²) in [5, 5.41) is 11.1. The van der Waals surface area contributed by atoms with Gasteiger partial charge in [0, 0.05) is 17.0 Å². The molecule has 5 rings (SSSR count). The van der Waals surface area contributed by atoms with Gasteiger partial charge in [-0.05, 0) is 61.3 Å². The van der Waals surface area contributed by atoms with Crippen LogP contribution in [0.2, 0.25) is 0 Å². The second-order valence-corrected chi connectivity index (χ2v) is 7.45. The Morgan fingerprint density at radius 3 is 2.88 bits per heavy atom. The summed E-state index contributed by atoms with van der Waals surface area (Å²) < 4.78 is 5.48. The average molecular weight is 336 g/mol. The Morgan fingerprint density at radius 1 is 1.36 bits per heavy atom. The van der Waals surface area contributed by atoms with Crippen LogP contribution in [-0.2, 0) is 4.74 Å². The van der Waals surface area contributed by atoms with E-state index < -0.39 is 5.97 Å². The number of rotatable bonds is 3. The van der Waals surface area contributed by atoms with Crippen LogP contribution in [0.4, 0.5) is 5.69 Å². The van der Waals surface area contributed by atoms with E-state index in [1.807, 2.05) is 17.1 Å². The molecule has 0 bridgehead atoms. The van der Waals surface area contributed by atoms with E-state index in [0.717, 1.165) is 24.3 Å². The van der Waals surface area contributed by atoms with Crippen molar-refractivity contribution in [2.45, 2.75) is 25.3 Å². The van der Waals surface area contributed by atoms with E-state index in [-0.39, 0.29) is 16.9 Å². The molecule has 1 aliphatic heterocycles. The number of allylic oxidation sites excluding steroid dienone is 2. The van der Waals surface area contributed by atoms with Crippen LogP contribution in [0.25, 0.3) is 0 Å². The number of nitrogens with zero attached hydrogens (tertiary/aromatic N) is 1. The molecular weight excluding hydrogens is 316 g/mol. The molecule has 3 aliphatic carbocycles. The predicted molar refractivity (Wildman–Crippen MR) is 93.8 cm³/mol. The second-order valence-electron chi connectivity index (χ2n) is 7.45. The van der Waals surface area contributed by atoms with Gasteiger partial charge < -0.3 is 9.84 Å². The highest BCUT2D eigenvalue weighted by atomic mass is 16.5. The number of benzene rings is 1. The molecule has 0 spiro atoms. The van der Waals surface area contributed by atoms with Crippen molar-refractivity contribution < 1.29 is 14.6 Å². The van der Waals surface area contributed by atoms with Crippen molar-refractivity contribution in [2.75, 3.05) is 12.1 Å². The van der Waals surface area contributed by atoms with Crippen LogP contribution in [0, 0.1) is 10.8 Å². The summed E-state index contributed by atoms with van der Waals surface area (Å²) in [5.41, 5.74) is 6.69. The van der Waals surface area contributed by atoms with Crippen molar-refractivity contribution in [1.82, 2.24) is 5.43 Å². The zero-order valence-electron chi connectivity index (χ0n) is 14.0. The largest absolute Gasteiger partial charge is 0.497 e. The van der Waals surface area contributed by atoms with Gasteiger partial charge in [0.2, 0.25) is 0 Å². The fraction of sp³-hybridized carbons (Fsp3) is 0.350. The van der Waals surface area contributed by atoms with Crippen LogP contribution in [0.3, 0.4) is 0 Å². The number of hydrazine groups is 1. The van der Waals surface area contributed by atoms with Crippen molar-refractivity contribution in [3.8, 4) is 0 Å². The minimum Gasteiger partial charge on any atom is -0.497 e. The monoisotopic (exact) mass is 336 g/mol. The smallest absolute Gasteiger partial charge is 0.335 e. The minimum absolute atomic E-state index is 0.104. The maximum absolute atomic E-state index is 11.0. The number of hydrogen-bond donors (Lipinski definition) is 2. The molecule has 3 atom stereocenters. The topological polar surface area (TPSA) is 61.8 Å². The zero-order chi connectivity index (χ0) is 17.2. The zero-order valence-corrected chi connectivity index (χ0v) is 14.0. The normalized spacial score (nSPS) is 34.4. The fourth-order valence-electron chi connectivity index (χ4n) is 4.87. The van der Waals surface area contributed by atoms with Crippen LogP contribution >= 0.6 is 0 Å². The Labute approximate surface area is 146 Å². The Bertz CT molecular complexity index is 854. The molecule has 0 amide bonds. The van der Waals surface area contributed by atoms with Crippen LogP contribution in [0.1, 0.15) is 29.6 Å². The summed E-state index contributed by atoms with van der Waals surface area (Å²) in [5.74, 6) is 0.0428. The number of methoxy groups -OCH3 is 1. The molecule has 0 radical (unpaired) electrons. The number of carboxylic acids is 1. The number of ether oxygens (including phenoxy) is 1. The standard InChI is InChI=1S/C20H20N2O3/c1-25-16-7-9-19-8-6-14-11-22(21-17(14)20(19,10-16)12-19)15-4-2-13(3-5-15)18(23)24/h2-5,7,9-11,17,21H,6,8,12H2,1H3,(H,23,24). The molecule has 0 aromatic heterocycles. The first-order chi connectivity index (χ1) is 12.1. The van der Waals surface area contributed by atoms with Crippen molar-refractivity contribution in [1.29, 1.82) is 0 Å². The third-order valence-electron chi connectivity index (χ3n) is 6.31. The highest BCUT2D eigenvalue weighted by molar-refractivity contribution is 5.88. The number of anilines is 1.